The van der Waals surface area contributed by atoms with Crippen molar-refractivity contribution in [2.75, 3.05) is 6.26 Å². The fourth-order valence-electron chi connectivity index (χ4n) is 1.59. The second kappa shape index (κ2) is 5.74. The summed E-state index contributed by atoms with van der Waals surface area (Å²) in [5.74, 6) is 0.190. The zero-order chi connectivity index (χ0) is 14.7. The lowest BCUT2D eigenvalue weighted by Crippen LogP contribution is -2.23. The molecular formula is C12H11N3O4S. The van der Waals surface area contributed by atoms with E-state index in [1.54, 1.807) is 6.08 Å². The minimum absolute atomic E-state index is 0.131. The molecule has 0 amide bonds. The Balaban J connectivity index is 2.18. The van der Waals surface area contributed by atoms with E-state index >= 15 is 0 Å². The van der Waals surface area contributed by atoms with E-state index in [4.69, 9.17) is 10.1 Å². The van der Waals surface area contributed by atoms with Crippen LogP contribution in [0.1, 0.15) is 0 Å². The van der Waals surface area contributed by atoms with E-state index in [2.05, 4.69) is 4.98 Å². The maximum atomic E-state index is 11.6. The second-order valence-electron chi connectivity index (χ2n) is 3.97. The van der Waals surface area contributed by atoms with Gasteiger partial charge in [-0.05, 0) is 18.2 Å². The number of rotatable bonds is 4. The molecule has 0 saturated carbocycles. The van der Waals surface area contributed by atoms with Gasteiger partial charge in [0.25, 0.3) is 5.69 Å². The molecule has 0 saturated heterocycles. The summed E-state index contributed by atoms with van der Waals surface area (Å²) >= 11 is 0. The quantitative estimate of drug-likeness (QED) is 0.670. The molecule has 7 nitrogen and oxygen atoms in total. The lowest BCUT2D eigenvalue weighted by Gasteiger charge is -2.19. The van der Waals surface area contributed by atoms with Gasteiger partial charge in [-0.25, -0.2) is 4.98 Å². The molecule has 0 fully saturated rings. The summed E-state index contributed by atoms with van der Waals surface area (Å²) in [4.78, 5) is 14.3. The third kappa shape index (κ3) is 3.15. The molecular weight excluding hydrogens is 282 g/mol. The largest absolute Gasteiger partial charge is 0.465 e. The number of pyridine rings is 1. The van der Waals surface area contributed by atoms with Crippen LogP contribution in [-0.2, 0) is 10.8 Å². The van der Waals surface area contributed by atoms with Crippen LogP contribution in [0.2, 0.25) is 0 Å². The van der Waals surface area contributed by atoms with Crippen LogP contribution in [0, 0.1) is 15.5 Å². The Hall–Kier alpha value is -2.35. The van der Waals surface area contributed by atoms with Gasteiger partial charge in [-0.2, -0.15) is 0 Å². The molecule has 20 heavy (non-hydrogen) atoms. The van der Waals surface area contributed by atoms with Crippen molar-refractivity contribution in [1.29, 1.82) is 5.41 Å². The monoisotopic (exact) mass is 293 g/mol. The highest BCUT2D eigenvalue weighted by molar-refractivity contribution is 7.88. The number of hydrogen-bond acceptors (Lipinski definition) is 6. The molecule has 0 aromatic carbocycles. The predicted octanol–water partition coefficient (Wildman–Crippen LogP) is 1.59. The molecule has 1 heterocycles. The van der Waals surface area contributed by atoms with E-state index in [0.717, 1.165) is 6.20 Å². The summed E-state index contributed by atoms with van der Waals surface area (Å²) in [6.07, 6.45) is 6.61. The van der Waals surface area contributed by atoms with E-state index in [9.17, 15) is 14.3 Å². The molecule has 1 aliphatic rings. The number of allylic oxidation sites excluding steroid dienone is 2. The summed E-state index contributed by atoms with van der Waals surface area (Å²) in [6.45, 7) is 0. The van der Waals surface area contributed by atoms with Crippen LogP contribution in [0.25, 0.3) is 0 Å². The molecule has 0 aliphatic heterocycles. The topological polar surface area (TPSA) is 106 Å². The highest BCUT2D eigenvalue weighted by Crippen LogP contribution is 2.21. The third-order valence-electron chi connectivity index (χ3n) is 2.54. The highest BCUT2D eigenvalue weighted by atomic mass is 32.2. The van der Waals surface area contributed by atoms with E-state index < -0.39 is 21.8 Å². The minimum Gasteiger partial charge on any atom is -0.465 e. The number of nitro groups is 1. The summed E-state index contributed by atoms with van der Waals surface area (Å²) < 4.78 is 17.1. The molecule has 2 rings (SSSR count). The Morgan fingerprint density at radius 3 is 2.80 bits per heavy atom. The van der Waals surface area contributed by atoms with Crippen molar-refractivity contribution in [2.24, 2.45) is 0 Å². The van der Waals surface area contributed by atoms with Gasteiger partial charge < -0.3 is 10.1 Å². The van der Waals surface area contributed by atoms with Gasteiger partial charge in [-0.1, -0.05) is 0 Å². The van der Waals surface area contributed by atoms with Gasteiger partial charge in [0.05, 0.1) is 15.5 Å². The lowest BCUT2D eigenvalue weighted by atomic mass is 10.1. The van der Waals surface area contributed by atoms with E-state index in [1.807, 2.05) is 0 Å². The van der Waals surface area contributed by atoms with Crippen LogP contribution in [0.3, 0.4) is 0 Å². The Morgan fingerprint density at radius 2 is 2.25 bits per heavy atom. The van der Waals surface area contributed by atoms with Crippen LogP contribution >= 0.6 is 0 Å². The molecule has 1 aromatic rings. The van der Waals surface area contributed by atoms with E-state index in [0.29, 0.717) is 4.91 Å². The van der Waals surface area contributed by atoms with Crippen molar-refractivity contribution in [3.05, 3.63) is 51.6 Å². The van der Waals surface area contributed by atoms with E-state index in [-0.39, 0.29) is 17.3 Å². The normalized spacial score (nSPS) is 19.4. The molecule has 0 bridgehead atoms. The molecule has 0 spiro atoms. The number of ether oxygens (including phenoxy) is 1. The zero-order valence-electron chi connectivity index (χ0n) is 10.5. The summed E-state index contributed by atoms with van der Waals surface area (Å²) in [6, 6.07) is 2.66. The van der Waals surface area contributed by atoms with Gasteiger partial charge in [0.2, 0.25) is 5.88 Å². The van der Waals surface area contributed by atoms with Crippen molar-refractivity contribution in [1.82, 2.24) is 4.98 Å². The first kappa shape index (κ1) is 14.1. The van der Waals surface area contributed by atoms with Crippen LogP contribution in [0.4, 0.5) is 5.69 Å². The molecule has 1 aromatic heterocycles. The summed E-state index contributed by atoms with van der Waals surface area (Å²) in [7, 11) is -1.28. The number of nitrogens with zero attached hydrogens (tertiary/aromatic N) is 2. The van der Waals surface area contributed by atoms with Gasteiger partial charge in [-0.3, -0.25) is 14.3 Å². The van der Waals surface area contributed by atoms with Gasteiger partial charge in [0, 0.05) is 29.2 Å². The molecule has 2 unspecified atom stereocenters. The average Bonchev–Trinajstić information content (AvgIpc) is 2.41. The van der Waals surface area contributed by atoms with Gasteiger partial charge in [-0.15, -0.1) is 0 Å². The first-order valence-corrected chi connectivity index (χ1v) is 7.12. The molecule has 0 radical (unpaired) electrons. The third-order valence-corrected chi connectivity index (χ3v) is 3.55. The van der Waals surface area contributed by atoms with Crippen molar-refractivity contribution >= 4 is 22.2 Å². The Kier molecular flexibility index (Phi) is 4.04. The van der Waals surface area contributed by atoms with Crippen LogP contribution in [-0.4, -0.2) is 32.2 Å². The Bertz CT molecular complexity index is 637. The van der Waals surface area contributed by atoms with Gasteiger partial charge in [0.1, 0.15) is 6.20 Å². The van der Waals surface area contributed by atoms with Gasteiger partial charge in [0.15, 0.2) is 6.10 Å². The van der Waals surface area contributed by atoms with E-state index in [1.165, 1.54) is 30.5 Å². The Labute approximate surface area is 117 Å². The summed E-state index contributed by atoms with van der Waals surface area (Å²) in [5, 5.41) is 18.0. The molecule has 1 N–H and O–H groups in total. The van der Waals surface area contributed by atoms with Crippen LogP contribution in [0.15, 0.2) is 41.5 Å². The predicted molar refractivity (Wildman–Crippen MR) is 74.3 cm³/mol. The number of aromatic nitrogens is 1. The average molecular weight is 293 g/mol. The fraction of sp³-hybridized carbons (Fsp3) is 0.167. The van der Waals surface area contributed by atoms with Gasteiger partial charge >= 0.3 is 0 Å². The molecule has 2 atom stereocenters. The lowest BCUT2D eigenvalue weighted by molar-refractivity contribution is -0.385. The molecule has 1 aliphatic carbocycles. The highest BCUT2D eigenvalue weighted by Gasteiger charge is 2.21. The summed E-state index contributed by atoms with van der Waals surface area (Å²) in [5.41, 5.74) is 0.111. The first-order chi connectivity index (χ1) is 9.47. The maximum Gasteiger partial charge on any atom is 0.287 e. The van der Waals surface area contributed by atoms with Crippen molar-refractivity contribution in [3.63, 3.8) is 0 Å². The molecule has 104 valence electrons. The van der Waals surface area contributed by atoms with Crippen molar-refractivity contribution < 1.29 is 13.9 Å². The van der Waals surface area contributed by atoms with Crippen LogP contribution < -0.4 is 4.74 Å². The Morgan fingerprint density at radius 1 is 1.50 bits per heavy atom. The minimum atomic E-state index is -1.28. The first-order valence-electron chi connectivity index (χ1n) is 5.56. The maximum absolute atomic E-state index is 11.6. The van der Waals surface area contributed by atoms with Crippen molar-refractivity contribution in [2.45, 2.75) is 6.10 Å². The SMILES string of the molecule is CS(=O)C1=CC(=N)C=CC1Oc1ccc([N+](=O)[O-])cn1. The smallest absolute Gasteiger partial charge is 0.287 e. The fourth-order valence-corrected chi connectivity index (χ4v) is 2.34. The number of nitrogens with one attached hydrogen (secondary N) is 1. The zero-order valence-corrected chi connectivity index (χ0v) is 11.3. The van der Waals surface area contributed by atoms with Crippen LogP contribution in [0.5, 0.6) is 5.88 Å². The molecule has 8 heteroatoms. The number of hydrogen-bond donors (Lipinski definition) is 1. The van der Waals surface area contributed by atoms with Crippen molar-refractivity contribution in [3.8, 4) is 5.88 Å². The second-order valence-corrected chi connectivity index (χ2v) is 5.35. The standard InChI is InChI=1S/C12H11N3O4S/c1-20(18)11-6-8(13)2-4-10(11)19-12-5-3-9(7-14-12)15(16)17/h2-7,10,13H,1H3.